The molecule has 3 radical (unpaired) electrons. The molecule has 2 amide bonds. The Morgan fingerprint density at radius 3 is 1.43 bits per heavy atom. The van der Waals surface area contributed by atoms with Gasteiger partial charge in [0, 0.05) is 57.5 Å². The number of hydrogen-bond donors (Lipinski definition) is 1. The molecule has 1 N–H and O–H groups in total. The zero-order chi connectivity index (χ0) is 40.3. The molecule has 2 aromatic carbocycles. The quantitative estimate of drug-likeness (QED) is 0.158. The van der Waals surface area contributed by atoms with E-state index < -0.39 is 34.1 Å². The number of carbonyl (C=O) groups is 5. The van der Waals surface area contributed by atoms with E-state index in [-0.39, 0.29) is 85.3 Å². The third-order valence-corrected chi connectivity index (χ3v) is 10.5. The number of ketones is 2. The molecule has 0 atom stereocenters. The van der Waals surface area contributed by atoms with Crippen LogP contribution in [-0.4, -0.2) is 104 Å². The number of likely N-dealkylation sites (tertiary alicyclic amines) is 2. The Bertz CT molecular complexity index is 1640. The maximum Gasteiger partial charge on any atom is 1.00 e. The third-order valence-electron chi connectivity index (χ3n) is 9.80. The number of halogens is 2. The van der Waals surface area contributed by atoms with E-state index in [4.69, 9.17) is 37.4 Å². The van der Waals surface area contributed by atoms with E-state index in [0.29, 0.717) is 55.2 Å². The number of rotatable bonds is 10. The number of hydrogen-bond acceptors (Lipinski definition) is 9. The van der Waals surface area contributed by atoms with Crippen LogP contribution in [0.2, 0.25) is 10.0 Å². The van der Waals surface area contributed by atoms with Gasteiger partial charge in [0.15, 0.2) is 5.78 Å². The van der Waals surface area contributed by atoms with Crippen molar-refractivity contribution < 1.29 is 63.6 Å². The first-order valence-electron chi connectivity index (χ1n) is 18.4. The molecule has 2 saturated heterocycles. The van der Waals surface area contributed by atoms with Gasteiger partial charge in [0.05, 0.1) is 19.1 Å². The van der Waals surface area contributed by atoms with Crippen molar-refractivity contribution in [2.75, 3.05) is 39.9 Å². The van der Waals surface area contributed by atoms with Crippen LogP contribution in [0.1, 0.15) is 92.6 Å². The number of benzene rings is 2. The Labute approximate surface area is 357 Å². The molecule has 0 spiro atoms. The smallest absolute Gasteiger partial charge is 1.00 e. The summed E-state index contributed by atoms with van der Waals surface area (Å²) in [5.74, 6) is -0.688. The molecule has 2 heterocycles. The van der Waals surface area contributed by atoms with Gasteiger partial charge < -0.3 is 30.5 Å². The molecule has 0 bridgehead atoms. The van der Waals surface area contributed by atoms with E-state index in [2.05, 4.69) is 0 Å². The van der Waals surface area contributed by atoms with Gasteiger partial charge in [-0.25, -0.2) is 9.59 Å². The summed E-state index contributed by atoms with van der Waals surface area (Å²) < 4.78 is 15.7. The number of esters is 1. The minimum Gasteiger partial charge on any atom is -1.00 e. The molecular weight excluding hydrogens is 753 g/mol. The van der Waals surface area contributed by atoms with Crippen LogP contribution in [0.3, 0.4) is 0 Å². The van der Waals surface area contributed by atoms with Crippen LogP contribution in [0, 0.1) is 10.8 Å². The van der Waals surface area contributed by atoms with Gasteiger partial charge in [0.25, 0.3) is 0 Å². The summed E-state index contributed by atoms with van der Waals surface area (Å²) in [6, 6.07) is 14.8. The number of amides is 2. The molecule has 0 aliphatic carbocycles. The molecule has 2 aliphatic rings. The largest absolute Gasteiger partial charge is 1.00 e. The fourth-order valence-corrected chi connectivity index (χ4v) is 7.02. The van der Waals surface area contributed by atoms with Crippen molar-refractivity contribution in [2.45, 2.75) is 104 Å². The van der Waals surface area contributed by atoms with Crippen LogP contribution >= 0.6 is 23.2 Å². The van der Waals surface area contributed by atoms with Crippen molar-refractivity contribution in [3.63, 3.8) is 0 Å². The van der Waals surface area contributed by atoms with Gasteiger partial charge in [-0.05, 0) is 103 Å². The average molecular weight is 811 g/mol. The normalized spacial score (nSPS) is 16.1. The van der Waals surface area contributed by atoms with Gasteiger partial charge in [-0.2, -0.15) is 0 Å². The molecule has 0 unspecified atom stereocenters. The number of carbonyl (C=O) groups excluding carboxylic acids is 5. The minimum absolute atomic E-state index is 0. The van der Waals surface area contributed by atoms with Crippen LogP contribution < -0.4 is 18.9 Å². The van der Waals surface area contributed by atoms with Crippen molar-refractivity contribution in [3.05, 3.63) is 69.7 Å². The number of ether oxygens (including phenoxy) is 3. The molecule has 15 heteroatoms. The predicted molar refractivity (Wildman–Crippen MR) is 214 cm³/mol. The van der Waals surface area contributed by atoms with Gasteiger partial charge in [-0.15, -0.1) is 0 Å². The molecular formula is C41H57BCl2LiN2O9. The fraction of sp³-hybridized carbons (Fsp3) is 0.585. The van der Waals surface area contributed by atoms with E-state index in [1.165, 1.54) is 12.0 Å². The topological polar surface area (TPSA) is 140 Å². The first-order chi connectivity index (χ1) is 25.3. The maximum absolute atomic E-state index is 13.0. The molecule has 303 valence electrons. The fourth-order valence-electron chi connectivity index (χ4n) is 6.56. The summed E-state index contributed by atoms with van der Waals surface area (Å²) in [5.41, 5.74) is -1.36. The zero-order valence-electron chi connectivity index (χ0n) is 35.3. The summed E-state index contributed by atoms with van der Waals surface area (Å²) >= 11 is 12.3. The van der Waals surface area contributed by atoms with Crippen LogP contribution in [0.25, 0.3) is 0 Å². The minimum atomic E-state index is -1.23. The maximum atomic E-state index is 13.0. The van der Waals surface area contributed by atoms with E-state index >= 15 is 0 Å². The number of aliphatic hydroxyl groups excluding tert-OH is 1. The van der Waals surface area contributed by atoms with Gasteiger partial charge in [-0.3, -0.25) is 14.4 Å². The predicted octanol–water partition coefficient (Wildman–Crippen LogP) is 4.62. The second-order valence-electron chi connectivity index (χ2n) is 16.0. The Balaban J connectivity index is 0.00000105. The monoisotopic (exact) mass is 809 g/mol. The molecule has 56 heavy (non-hydrogen) atoms. The Hall–Kier alpha value is -3.01. The van der Waals surface area contributed by atoms with Gasteiger partial charge in [0.1, 0.15) is 22.4 Å². The molecule has 4 rings (SSSR count). The molecule has 11 nitrogen and oxygen atoms in total. The molecule has 0 saturated carbocycles. The first kappa shape index (κ1) is 51.0. The molecule has 2 aliphatic heterocycles. The second-order valence-corrected chi connectivity index (χ2v) is 16.8. The van der Waals surface area contributed by atoms with Gasteiger partial charge in [-0.1, -0.05) is 59.6 Å². The molecule has 0 aromatic heterocycles. The number of aryl methyl sites for hydroxylation is 2. The Morgan fingerprint density at radius 1 is 0.696 bits per heavy atom. The summed E-state index contributed by atoms with van der Waals surface area (Å²) in [6.45, 7) is 12.0. The van der Waals surface area contributed by atoms with Crippen LogP contribution in [0.5, 0.6) is 0 Å². The Kier molecular flexibility index (Phi) is 20.2. The summed E-state index contributed by atoms with van der Waals surface area (Å²) in [7, 11) is 1.28. The van der Waals surface area contributed by atoms with Crippen molar-refractivity contribution in [1.29, 1.82) is 0 Å². The van der Waals surface area contributed by atoms with Gasteiger partial charge in [0.2, 0.25) is 0 Å². The van der Waals surface area contributed by atoms with Gasteiger partial charge >= 0.3 is 37.0 Å². The average Bonchev–Trinajstić information content (AvgIpc) is 3.12. The zero-order valence-corrected chi connectivity index (χ0v) is 35.8. The van der Waals surface area contributed by atoms with E-state index in [9.17, 15) is 29.1 Å². The number of nitrogens with zero attached hydrogens (tertiary/aromatic N) is 2. The van der Waals surface area contributed by atoms with Crippen molar-refractivity contribution in [2.24, 2.45) is 10.8 Å². The number of piperidine rings is 2. The number of methoxy groups -OCH3 is 1. The molecule has 2 fully saturated rings. The number of aliphatic hydroxyl groups is 1. The third kappa shape index (κ3) is 14.4. The van der Waals surface area contributed by atoms with Crippen LogP contribution in [0.15, 0.2) is 48.5 Å². The summed E-state index contributed by atoms with van der Waals surface area (Å²) in [5, 5.41) is 11.1. The first-order valence-corrected chi connectivity index (χ1v) is 19.2. The van der Waals surface area contributed by atoms with E-state index in [1.807, 2.05) is 63.2 Å². The summed E-state index contributed by atoms with van der Waals surface area (Å²) in [6.07, 6.45) is 2.06. The van der Waals surface area contributed by atoms with Crippen molar-refractivity contribution >= 4 is 61.3 Å². The van der Waals surface area contributed by atoms with Crippen molar-refractivity contribution in [1.82, 2.24) is 9.80 Å². The van der Waals surface area contributed by atoms with Crippen LogP contribution in [-0.2, 0) is 41.4 Å². The summed E-state index contributed by atoms with van der Waals surface area (Å²) in [4.78, 5) is 65.9. The van der Waals surface area contributed by atoms with Crippen LogP contribution in [0.4, 0.5) is 9.59 Å². The number of Topliss-reactive ketones (excluding diaryl/α,β-unsaturated/α-hetero) is 2. The Morgan fingerprint density at radius 2 is 1.07 bits per heavy atom. The van der Waals surface area contributed by atoms with Crippen molar-refractivity contribution in [3.8, 4) is 0 Å². The molecule has 2 aromatic rings. The van der Waals surface area contributed by atoms with E-state index in [0.717, 1.165) is 11.1 Å². The SMILES string of the molecule is CC(C)(C)OC(=O)N1CCC(CO)(C(=O)CCc2ccccc2Cl)CC1.COC(=O)C1(C(=O)CCc2ccccc2Cl)CCN(C(=O)OC(C)(C)C)CC1.[B].[H-].[Li+]. The van der Waals surface area contributed by atoms with E-state index in [1.54, 1.807) is 31.7 Å². The standard InChI is InChI=1S/C21H28ClNO5.C20H28ClNO4.B.Li.H/c1-20(2,3)28-19(26)23-13-11-21(12-14-23,18(25)27-4)17(24)10-9-15-7-5-6-8-16(15)22;1-19(2,3)26-18(25)22-12-10-20(14-23,11-13-22)17(24)9-8-15-6-4-5-7-16(15)21;;;/h5-8H,9-14H2,1-4H3;4-7,23H,8-14H2,1-3H3;;;/q;;;+1;-1. The second kappa shape index (κ2) is 22.2.